The number of rotatable bonds is 6. The van der Waals surface area contributed by atoms with Gasteiger partial charge >= 0.3 is 18.0 Å². The van der Waals surface area contributed by atoms with E-state index in [2.05, 4.69) is 10.6 Å². The van der Waals surface area contributed by atoms with Gasteiger partial charge in [0.05, 0.1) is 0 Å². The average Bonchev–Trinajstić information content (AvgIpc) is 2.59. The number of piperazine rings is 2. The van der Waals surface area contributed by atoms with Crippen molar-refractivity contribution in [3.63, 3.8) is 0 Å². The molecule has 0 aromatic rings. The van der Waals surface area contributed by atoms with Gasteiger partial charge in [-0.25, -0.2) is 0 Å². The molecule has 2 aliphatic heterocycles. The van der Waals surface area contributed by atoms with Crippen LogP contribution in [0.4, 0.5) is 13.2 Å². The van der Waals surface area contributed by atoms with Gasteiger partial charge in [0.25, 0.3) is 0 Å². The molecule has 2 heterocycles. The Hall–Kier alpha value is -1.59. The number of halogens is 4. The molecule has 2 saturated heterocycles. The number of hydrogen-bond acceptors (Lipinski definition) is 5. The van der Waals surface area contributed by atoms with E-state index in [-0.39, 0.29) is 32.0 Å². The molecule has 0 aliphatic carbocycles. The van der Waals surface area contributed by atoms with Crippen molar-refractivity contribution in [1.82, 2.24) is 25.3 Å². The standard InChI is InChI=1S/C15H24F3N5O3.ClH/c1-2-21-7-8-23(14(26)13(21)25)10-12(24)20-9-11(15(16,17)18)22-5-3-19-4-6-22;/h11,19H,2-10H2,1H3,(H,20,24);1H. The summed E-state index contributed by atoms with van der Waals surface area (Å²) in [5.74, 6) is -2.20. The summed E-state index contributed by atoms with van der Waals surface area (Å²) in [7, 11) is 0. The Balaban J connectivity index is 0.00000364. The summed E-state index contributed by atoms with van der Waals surface area (Å²) < 4.78 is 39.8. The summed E-state index contributed by atoms with van der Waals surface area (Å²) in [6.45, 7) is 3.01. The minimum atomic E-state index is -4.47. The van der Waals surface area contributed by atoms with Crippen molar-refractivity contribution >= 4 is 30.1 Å². The van der Waals surface area contributed by atoms with Crippen molar-refractivity contribution in [3.8, 4) is 0 Å². The zero-order valence-electron chi connectivity index (χ0n) is 15.0. The quantitative estimate of drug-likeness (QED) is 0.546. The van der Waals surface area contributed by atoms with E-state index in [1.54, 1.807) is 6.92 Å². The second-order valence-electron chi connectivity index (χ2n) is 6.26. The van der Waals surface area contributed by atoms with Gasteiger partial charge in [-0.3, -0.25) is 19.3 Å². The molecule has 3 amide bonds. The Labute approximate surface area is 161 Å². The minimum Gasteiger partial charge on any atom is -0.353 e. The van der Waals surface area contributed by atoms with Gasteiger partial charge in [-0.2, -0.15) is 13.2 Å². The number of carbonyl (C=O) groups is 3. The van der Waals surface area contributed by atoms with E-state index in [0.29, 0.717) is 26.2 Å². The molecular weight excluding hydrogens is 391 g/mol. The molecule has 8 nitrogen and oxygen atoms in total. The molecular formula is C15H25ClF3N5O3. The van der Waals surface area contributed by atoms with Crippen LogP contribution in [0.25, 0.3) is 0 Å². The van der Waals surface area contributed by atoms with Gasteiger partial charge in [0.2, 0.25) is 5.91 Å². The van der Waals surface area contributed by atoms with Crippen molar-refractivity contribution in [2.24, 2.45) is 0 Å². The first-order valence-corrected chi connectivity index (χ1v) is 8.60. The van der Waals surface area contributed by atoms with Crippen LogP contribution in [0.1, 0.15) is 6.92 Å². The van der Waals surface area contributed by atoms with Gasteiger partial charge in [-0.1, -0.05) is 0 Å². The summed E-state index contributed by atoms with van der Waals surface area (Å²) in [5, 5.41) is 5.24. The largest absolute Gasteiger partial charge is 0.405 e. The summed E-state index contributed by atoms with van der Waals surface area (Å²) in [4.78, 5) is 39.4. The Morgan fingerprint density at radius 1 is 1.11 bits per heavy atom. The summed E-state index contributed by atoms with van der Waals surface area (Å²) in [5.41, 5.74) is 0. The van der Waals surface area contributed by atoms with Crippen molar-refractivity contribution in [3.05, 3.63) is 0 Å². The van der Waals surface area contributed by atoms with E-state index < -0.39 is 43.0 Å². The first-order valence-electron chi connectivity index (χ1n) is 8.60. The second-order valence-corrected chi connectivity index (χ2v) is 6.26. The Morgan fingerprint density at radius 2 is 1.67 bits per heavy atom. The lowest BCUT2D eigenvalue weighted by molar-refractivity contribution is -0.184. The first kappa shape index (κ1) is 23.4. The molecule has 156 valence electrons. The number of likely N-dealkylation sites (N-methyl/N-ethyl adjacent to an activating group) is 1. The van der Waals surface area contributed by atoms with E-state index in [0.717, 1.165) is 4.90 Å². The van der Waals surface area contributed by atoms with Gasteiger partial charge in [-0.05, 0) is 6.92 Å². The molecule has 2 rings (SSSR count). The molecule has 0 radical (unpaired) electrons. The third kappa shape index (κ3) is 6.22. The highest BCUT2D eigenvalue weighted by Gasteiger charge is 2.44. The van der Waals surface area contributed by atoms with Crippen LogP contribution >= 0.6 is 12.4 Å². The number of amides is 3. The van der Waals surface area contributed by atoms with Crippen LogP contribution in [0.15, 0.2) is 0 Å². The van der Waals surface area contributed by atoms with Crippen LogP contribution in [0.5, 0.6) is 0 Å². The predicted octanol–water partition coefficient (Wildman–Crippen LogP) is -0.949. The van der Waals surface area contributed by atoms with Gasteiger partial charge in [0, 0.05) is 52.4 Å². The van der Waals surface area contributed by atoms with Crippen molar-refractivity contribution in [2.45, 2.75) is 19.1 Å². The number of alkyl halides is 3. The maximum absolute atomic E-state index is 13.3. The lowest BCUT2D eigenvalue weighted by atomic mass is 10.2. The van der Waals surface area contributed by atoms with Crippen LogP contribution < -0.4 is 10.6 Å². The highest BCUT2D eigenvalue weighted by atomic mass is 35.5. The van der Waals surface area contributed by atoms with Crippen molar-refractivity contribution in [2.75, 3.05) is 58.9 Å². The van der Waals surface area contributed by atoms with E-state index in [1.807, 2.05) is 0 Å². The van der Waals surface area contributed by atoms with Crippen molar-refractivity contribution in [1.29, 1.82) is 0 Å². The number of hydrogen-bond donors (Lipinski definition) is 2. The van der Waals surface area contributed by atoms with E-state index in [1.165, 1.54) is 9.80 Å². The highest BCUT2D eigenvalue weighted by Crippen LogP contribution is 2.24. The third-order valence-corrected chi connectivity index (χ3v) is 4.58. The molecule has 0 bridgehead atoms. The minimum absolute atomic E-state index is 0. The topological polar surface area (TPSA) is 85.0 Å². The smallest absolute Gasteiger partial charge is 0.353 e. The zero-order chi connectivity index (χ0) is 19.3. The Kier molecular flexibility index (Phi) is 8.76. The molecule has 2 N–H and O–H groups in total. The summed E-state index contributed by atoms with van der Waals surface area (Å²) in [6.07, 6.45) is -4.47. The van der Waals surface area contributed by atoms with Crippen LogP contribution in [0.2, 0.25) is 0 Å². The number of nitrogens with one attached hydrogen (secondary N) is 2. The zero-order valence-corrected chi connectivity index (χ0v) is 15.9. The van der Waals surface area contributed by atoms with Crippen LogP contribution in [-0.2, 0) is 14.4 Å². The fourth-order valence-corrected chi connectivity index (χ4v) is 3.05. The second kappa shape index (κ2) is 10.1. The molecule has 0 aromatic heterocycles. The van der Waals surface area contributed by atoms with Gasteiger partial charge < -0.3 is 20.4 Å². The third-order valence-electron chi connectivity index (χ3n) is 4.58. The van der Waals surface area contributed by atoms with Crippen LogP contribution in [-0.4, -0.2) is 104 Å². The van der Waals surface area contributed by atoms with Gasteiger partial charge in [0.15, 0.2) is 0 Å². The van der Waals surface area contributed by atoms with Crippen molar-refractivity contribution < 1.29 is 27.6 Å². The Bertz CT molecular complexity index is 543. The molecule has 12 heteroatoms. The molecule has 1 atom stereocenters. The fourth-order valence-electron chi connectivity index (χ4n) is 3.05. The normalized spacial score (nSPS) is 20.3. The first-order chi connectivity index (χ1) is 12.2. The summed E-state index contributed by atoms with van der Waals surface area (Å²) in [6, 6.07) is -1.78. The molecule has 1 unspecified atom stereocenters. The Morgan fingerprint density at radius 3 is 2.22 bits per heavy atom. The number of carbonyl (C=O) groups excluding carboxylic acids is 3. The maximum atomic E-state index is 13.3. The molecule has 27 heavy (non-hydrogen) atoms. The monoisotopic (exact) mass is 415 g/mol. The van der Waals surface area contributed by atoms with E-state index in [9.17, 15) is 27.6 Å². The molecule has 0 saturated carbocycles. The molecule has 2 fully saturated rings. The van der Waals surface area contributed by atoms with Gasteiger partial charge in [0.1, 0.15) is 12.6 Å². The molecule has 2 aliphatic rings. The average molecular weight is 416 g/mol. The lowest BCUT2D eigenvalue weighted by Gasteiger charge is -2.36. The lowest BCUT2D eigenvalue weighted by Crippen LogP contribution is -2.59. The van der Waals surface area contributed by atoms with Crippen LogP contribution in [0.3, 0.4) is 0 Å². The van der Waals surface area contributed by atoms with E-state index >= 15 is 0 Å². The predicted molar refractivity (Wildman–Crippen MR) is 93.4 cm³/mol. The molecule has 0 aromatic carbocycles. The maximum Gasteiger partial charge on any atom is 0.405 e. The highest BCUT2D eigenvalue weighted by molar-refractivity contribution is 6.35. The van der Waals surface area contributed by atoms with Crippen LogP contribution in [0, 0.1) is 0 Å². The fraction of sp³-hybridized carbons (Fsp3) is 0.800. The SMILES string of the molecule is CCN1CCN(CC(=O)NCC(N2CCNCC2)C(F)(F)F)C(=O)C1=O.Cl. The number of nitrogens with zero attached hydrogens (tertiary/aromatic N) is 3. The molecule has 0 spiro atoms. The van der Waals surface area contributed by atoms with Gasteiger partial charge in [-0.15, -0.1) is 12.4 Å². The van der Waals surface area contributed by atoms with E-state index in [4.69, 9.17) is 0 Å². The summed E-state index contributed by atoms with van der Waals surface area (Å²) >= 11 is 0.